The van der Waals surface area contributed by atoms with E-state index >= 15 is 0 Å². The molecule has 0 aliphatic rings. The first kappa shape index (κ1) is 9.74. The lowest BCUT2D eigenvalue weighted by atomic mass is 10.1. The number of aryl methyl sites for hydroxylation is 1. The molecule has 0 heterocycles. The van der Waals surface area contributed by atoms with Crippen LogP contribution in [0.15, 0.2) is 24.3 Å². The molecule has 70 valence electrons. The van der Waals surface area contributed by atoms with Crippen molar-refractivity contribution in [2.24, 2.45) is 5.73 Å². The van der Waals surface area contributed by atoms with Crippen molar-refractivity contribution < 1.29 is 9.90 Å². The highest BCUT2D eigenvalue weighted by Gasteiger charge is 2.02. The maximum atomic E-state index is 10.6. The summed E-state index contributed by atoms with van der Waals surface area (Å²) in [6.45, 7) is 0.636. The maximum absolute atomic E-state index is 10.6. The molecule has 1 rings (SSSR count). The highest BCUT2D eigenvalue weighted by molar-refractivity contribution is 5.87. The predicted molar refractivity (Wildman–Crippen MR) is 50.8 cm³/mol. The fraction of sp³-hybridized carbons (Fsp3) is 0.300. The minimum atomic E-state index is -0.880. The zero-order valence-corrected chi connectivity index (χ0v) is 7.36. The summed E-state index contributed by atoms with van der Waals surface area (Å²) in [5.41, 5.74) is 6.73. The van der Waals surface area contributed by atoms with E-state index in [1.807, 2.05) is 6.07 Å². The molecule has 3 N–H and O–H groups in total. The Kier molecular flexibility index (Phi) is 3.46. The Labute approximate surface area is 77.2 Å². The Morgan fingerprint density at radius 1 is 1.46 bits per heavy atom. The highest BCUT2D eigenvalue weighted by Crippen LogP contribution is 2.07. The molecule has 0 fully saturated rings. The third kappa shape index (κ3) is 2.87. The van der Waals surface area contributed by atoms with E-state index in [4.69, 9.17) is 10.8 Å². The number of aromatic carboxylic acids is 1. The average molecular weight is 179 g/mol. The summed E-state index contributed by atoms with van der Waals surface area (Å²) in [6.07, 6.45) is 1.74. The lowest BCUT2D eigenvalue weighted by Crippen LogP contribution is -2.01. The van der Waals surface area contributed by atoms with Crippen LogP contribution in [0.5, 0.6) is 0 Å². The number of rotatable bonds is 4. The molecule has 0 saturated carbocycles. The number of carboxylic acid groups (broad SMARTS) is 1. The van der Waals surface area contributed by atoms with Crippen LogP contribution in [0.3, 0.4) is 0 Å². The molecule has 0 saturated heterocycles. The summed E-state index contributed by atoms with van der Waals surface area (Å²) in [5, 5.41) is 8.71. The molecular weight excluding hydrogens is 166 g/mol. The normalized spacial score (nSPS) is 9.92. The van der Waals surface area contributed by atoms with E-state index < -0.39 is 5.97 Å². The molecule has 1 aromatic rings. The number of benzene rings is 1. The zero-order chi connectivity index (χ0) is 9.68. The van der Waals surface area contributed by atoms with Gasteiger partial charge >= 0.3 is 5.97 Å². The second-order valence-corrected chi connectivity index (χ2v) is 2.90. The van der Waals surface area contributed by atoms with Gasteiger partial charge in [-0.05, 0) is 37.1 Å². The monoisotopic (exact) mass is 179 g/mol. The van der Waals surface area contributed by atoms with E-state index in [1.165, 1.54) is 0 Å². The van der Waals surface area contributed by atoms with Gasteiger partial charge in [0, 0.05) is 0 Å². The van der Waals surface area contributed by atoms with E-state index in [0.29, 0.717) is 12.1 Å². The van der Waals surface area contributed by atoms with Gasteiger partial charge in [0.15, 0.2) is 0 Å². The van der Waals surface area contributed by atoms with Gasteiger partial charge in [-0.2, -0.15) is 0 Å². The molecule has 0 bridgehead atoms. The van der Waals surface area contributed by atoms with Gasteiger partial charge in [0.05, 0.1) is 5.56 Å². The van der Waals surface area contributed by atoms with Crippen LogP contribution in [0.2, 0.25) is 0 Å². The van der Waals surface area contributed by atoms with Crippen molar-refractivity contribution in [3.05, 3.63) is 35.4 Å². The quantitative estimate of drug-likeness (QED) is 0.731. The summed E-state index contributed by atoms with van der Waals surface area (Å²) in [7, 11) is 0. The number of carboxylic acids is 1. The standard InChI is InChI=1S/C10H13NO2/c11-6-2-4-8-3-1-5-9(7-8)10(12)13/h1,3,5,7H,2,4,6,11H2,(H,12,13). The fourth-order valence-corrected chi connectivity index (χ4v) is 1.17. The Balaban J connectivity index is 2.73. The van der Waals surface area contributed by atoms with Crippen molar-refractivity contribution in [3.8, 4) is 0 Å². The van der Waals surface area contributed by atoms with Crippen molar-refractivity contribution in [1.82, 2.24) is 0 Å². The lowest BCUT2D eigenvalue weighted by molar-refractivity contribution is 0.0697. The minimum Gasteiger partial charge on any atom is -0.478 e. The van der Waals surface area contributed by atoms with Crippen LogP contribution in [0, 0.1) is 0 Å². The first-order valence-corrected chi connectivity index (χ1v) is 4.26. The van der Waals surface area contributed by atoms with Crippen molar-refractivity contribution in [2.45, 2.75) is 12.8 Å². The smallest absolute Gasteiger partial charge is 0.335 e. The second-order valence-electron chi connectivity index (χ2n) is 2.90. The molecule has 1 aromatic carbocycles. The number of hydrogen-bond donors (Lipinski definition) is 2. The summed E-state index contributed by atoms with van der Waals surface area (Å²) >= 11 is 0. The molecule has 0 aliphatic carbocycles. The van der Waals surface area contributed by atoms with Crippen LogP contribution < -0.4 is 5.73 Å². The van der Waals surface area contributed by atoms with E-state index in [2.05, 4.69) is 0 Å². The van der Waals surface area contributed by atoms with Crippen molar-refractivity contribution in [1.29, 1.82) is 0 Å². The third-order valence-corrected chi connectivity index (χ3v) is 1.84. The van der Waals surface area contributed by atoms with Gasteiger partial charge in [0.2, 0.25) is 0 Å². The van der Waals surface area contributed by atoms with Gasteiger partial charge < -0.3 is 10.8 Å². The van der Waals surface area contributed by atoms with Crippen LogP contribution in [-0.4, -0.2) is 17.6 Å². The molecular formula is C10H13NO2. The molecule has 0 amide bonds. The number of carbonyl (C=O) groups is 1. The van der Waals surface area contributed by atoms with Crippen LogP contribution >= 0.6 is 0 Å². The molecule has 0 atom stereocenters. The third-order valence-electron chi connectivity index (χ3n) is 1.84. The first-order valence-electron chi connectivity index (χ1n) is 4.26. The second kappa shape index (κ2) is 4.62. The molecule has 0 spiro atoms. The van der Waals surface area contributed by atoms with Crippen LogP contribution in [0.1, 0.15) is 22.3 Å². The van der Waals surface area contributed by atoms with Gasteiger partial charge in [-0.1, -0.05) is 12.1 Å². The molecule has 3 heteroatoms. The molecule has 0 aromatic heterocycles. The molecule has 13 heavy (non-hydrogen) atoms. The molecule has 0 unspecified atom stereocenters. The maximum Gasteiger partial charge on any atom is 0.335 e. The van der Waals surface area contributed by atoms with E-state index in [0.717, 1.165) is 18.4 Å². The van der Waals surface area contributed by atoms with Crippen molar-refractivity contribution in [3.63, 3.8) is 0 Å². The van der Waals surface area contributed by atoms with E-state index in [9.17, 15) is 4.79 Å². The summed E-state index contributed by atoms with van der Waals surface area (Å²) in [4.78, 5) is 10.6. The lowest BCUT2D eigenvalue weighted by Gasteiger charge is -2.00. The Bertz CT molecular complexity index is 297. The average Bonchev–Trinajstić information content (AvgIpc) is 2.15. The Morgan fingerprint density at radius 3 is 2.85 bits per heavy atom. The number of hydrogen-bond acceptors (Lipinski definition) is 2. The van der Waals surface area contributed by atoms with Gasteiger partial charge in [-0.25, -0.2) is 4.79 Å². The Hall–Kier alpha value is -1.35. The SMILES string of the molecule is NCCCc1cccc(C(=O)O)c1. The van der Waals surface area contributed by atoms with Gasteiger partial charge in [-0.3, -0.25) is 0 Å². The first-order chi connectivity index (χ1) is 6.24. The summed E-state index contributed by atoms with van der Waals surface area (Å²) in [6, 6.07) is 6.96. The van der Waals surface area contributed by atoms with Gasteiger partial charge in [-0.15, -0.1) is 0 Å². The largest absolute Gasteiger partial charge is 0.478 e. The summed E-state index contributed by atoms with van der Waals surface area (Å²) < 4.78 is 0. The van der Waals surface area contributed by atoms with Crippen LogP contribution in [0.4, 0.5) is 0 Å². The molecule has 0 aliphatic heterocycles. The van der Waals surface area contributed by atoms with Crippen molar-refractivity contribution in [2.75, 3.05) is 6.54 Å². The van der Waals surface area contributed by atoms with Crippen molar-refractivity contribution >= 4 is 5.97 Å². The van der Waals surface area contributed by atoms with E-state index in [-0.39, 0.29) is 0 Å². The highest BCUT2D eigenvalue weighted by atomic mass is 16.4. The van der Waals surface area contributed by atoms with E-state index in [1.54, 1.807) is 18.2 Å². The topological polar surface area (TPSA) is 63.3 Å². The zero-order valence-electron chi connectivity index (χ0n) is 7.36. The molecule has 0 radical (unpaired) electrons. The van der Waals surface area contributed by atoms with Crippen LogP contribution in [0.25, 0.3) is 0 Å². The van der Waals surface area contributed by atoms with Gasteiger partial charge in [0.25, 0.3) is 0 Å². The molecule has 3 nitrogen and oxygen atoms in total. The fourth-order valence-electron chi connectivity index (χ4n) is 1.17. The predicted octanol–water partition coefficient (Wildman–Crippen LogP) is 1.28. The minimum absolute atomic E-state index is 0.342. The summed E-state index contributed by atoms with van der Waals surface area (Å²) in [5.74, 6) is -0.880. The van der Waals surface area contributed by atoms with Gasteiger partial charge in [0.1, 0.15) is 0 Å². The Morgan fingerprint density at radius 2 is 2.23 bits per heavy atom. The van der Waals surface area contributed by atoms with Crippen LogP contribution in [-0.2, 0) is 6.42 Å². The number of nitrogens with two attached hydrogens (primary N) is 1.